The first kappa shape index (κ1) is 19.6. The van der Waals surface area contributed by atoms with Crippen LogP contribution in [0.3, 0.4) is 0 Å². The number of hydrogen-bond donors (Lipinski definition) is 0. The van der Waals surface area contributed by atoms with E-state index in [-0.39, 0.29) is 49.2 Å². The zero-order valence-corrected chi connectivity index (χ0v) is 27.9. The van der Waals surface area contributed by atoms with Crippen LogP contribution in [-0.2, 0) is 0 Å². The van der Waals surface area contributed by atoms with Gasteiger partial charge < -0.3 is 4.42 Å². The Bertz CT molecular complexity index is 3890. The van der Waals surface area contributed by atoms with Gasteiger partial charge in [-0.2, -0.15) is 0 Å². The molecular weight excluding hydrogens is 641 g/mol. The van der Waals surface area contributed by atoms with Crippen molar-refractivity contribution in [2.24, 2.45) is 0 Å². The third-order valence-electron chi connectivity index (χ3n) is 10.2. The summed E-state index contributed by atoms with van der Waals surface area (Å²) in [5.74, 6) is 0. The number of benzene rings is 10. The minimum atomic E-state index is -0.683. The fourth-order valence-corrected chi connectivity index (χ4v) is 7.91. The third kappa shape index (κ3) is 4.58. The maximum absolute atomic E-state index is 9.66. The van der Waals surface area contributed by atoms with Crippen molar-refractivity contribution in [3.63, 3.8) is 0 Å². The van der Waals surface area contributed by atoms with Gasteiger partial charge in [-0.15, -0.1) is 0 Å². The van der Waals surface area contributed by atoms with Crippen LogP contribution in [0.5, 0.6) is 0 Å². The molecule has 53 heavy (non-hydrogen) atoms. The molecule has 0 aliphatic rings. The van der Waals surface area contributed by atoms with E-state index in [0.717, 1.165) is 49.0 Å². The predicted octanol–water partition coefficient (Wildman–Crippen LogP) is 14.9. The van der Waals surface area contributed by atoms with Gasteiger partial charge >= 0.3 is 0 Å². The van der Waals surface area contributed by atoms with Gasteiger partial charge in [0.05, 0.1) is 22.7 Å². The summed E-state index contributed by atoms with van der Waals surface area (Å²) >= 11 is 0. The molecule has 0 atom stereocenters. The quantitative estimate of drug-likeness (QED) is 0.133. The van der Waals surface area contributed by atoms with Gasteiger partial charge in [-0.05, 0) is 99.4 Å². The van der Waals surface area contributed by atoms with Gasteiger partial charge in [-0.3, -0.25) is 0 Å². The fourth-order valence-electron chi connectivity index (χ4n) is 7.91. The molecule has 0 radical (unpaired) electrons. The highest BCUT2D eigenvalue weighted by molar-refractivity contribution is 6.26. The van der Waals surface area contributed by atoms with Crippen molar-refractivity contribution in [2.45, 2.75) is 0 Å². The number of hydrogen-bond acceptors (Lipinski definition) is 1. The molecule has 0 fully saturated rings. The molecule has 1 heterocycles. The molecule has 11 aromatic rings. The zero-order chi connectivity index (χ0) is 46.2. The summed E-state index contributed by atoms with van der Waals surface area (Å²) in [6.07, 6.45) is -0.683. The van der Waals surface area contributed by atoms with Crippen LogP contribution in [0, 0.1) is 0 Å². The number of furan rings is 1. The second kappa shape index (κ2) is 11.8. The second-order valence-corrected chi connectivity index (χ2v) is 13.0. The maximum atomic E-state index is 9.66. The van der Waals surface area contributed by atoms with E-state index >= 15 is 0 Å². The molecule has 1 nitrogen and oxygen atoms in total. The third-order valence-corrected chi connectivity index (χ3v) is 10.2. The van der Waals surface area contributed by atoms with Gasteiger partial charge in [0, 0.05) is 16.5 Å². The highest BCUT2D eigenvalue weighted by atomic mass is 16.3. The molecule has 0 aliphatic heterocycles. The van der Waals surface area contributed by atoms with Crippen molar-refractivity contribution >= 4 is 64.8 Å². The van der Waals surface area contributed by atoms with Crippen molar-refractivity contribution in [1.29, 1.82) is 0 Å². The molecule has 10 aromatic carbocycles. The van der Waals surface area contributed by atoms with E-state index < -0.39 is 78.7 Å². The minimum Gasteiger partial charge on any atom is -0.464 e. The molecule has 0 aliphatic carbocycles. The highest BCUT2D eigenvalue weighted by Crippen LogP contribution is 2.50. The normalized spacial score (nSPS) is 15.2. The topological polar surface area (TPSA) is 13.1 Å². The van der Waals surface area contributed by atoms with E-state index in [1.54, 1.807) is 6.07 Å². The van der Waals surface area contributed by atoms with Crippen LogP contribution < -0.4 is 0 Å². The number of rotatable bonds is 4. The van der Waals surface area contributed by atoms with Crippen LogP contribution in [0.1, 0.15) is 17.8 Å². The van der Waals surface area contributed by atoms with Gasteiger partial charge in [0.25, 0.3) is 0 Å². The van der Waals surface area contributed by atoms with E-state index in [2.05, 4.69) is 42.5 Å². The lowest BCUT2D eigenvalue weighted by Crippen LogP contribution is -1.94. The Hall–Kier alpha value is -6.96. The van der Waals surface area contributed by atoms with Crippen molar-refractivity contribution in [3.05, 3.63) is 194 Å². The van der Waals surface area contributed by atoms with E-state index in [9.17, 15) is 6.85 Å². The highest BCUT2D eigenvalue weighted by Gasteiger charge is 2.23. The predicted molar refractivity (Wildman–Crippen MR) is 225 cm³/mol. The summed E-state index contributed by atoms with van der Waals surface area (Å²) in [4.78, 5) is 0. The largest absolute Gasteiger partial charge is 0.464 e. The molecule has 0 unspecified atom stereocenters. The van der Waals surface area contributed by atoms with Crippen molar-refractivity contribution in [1.82, 2.24) is 0 Å². The van der Waals surface area contributed by atoms with Crippen LogP contribution in [0.25, 0.3) is 109 Å². The maximum Gasteiger partial charge on any atom is 0.134 e. The van der Waals surface area contributed by atoms with Gasteiger partial charge in [0.2, 0.25) is 0 Å². The molecule has 11 rings (SSSR count). The van der Waals surface area contributed by atoms with Crippen LogP contribution in [0.15, 0.2) is 198 Å². The lowest BCUT2D eigenvalue weighted by atomic mass is 9.81. The molecule has 0 saturated carbocycles. The van der Waals surface area contributed by atoms with Gasteiger partial charge in [0.1, 0.15) is 6.95 Å². The Morgan fingerprint density at radius 2 is 0.943 bits per heavy atom. The summed E-state index contributed by atoms with van der Waals surface area (Å²) in [5, 5.41) is 4.49. The molecular formula is C52H32O. The van der Waals surface area contributed by atoms with Gasteiger partial charge in [-0.1, -0.05) is 176 Å². The van der Waals surface area contributed by atoms with E-state index in [4.69, 9.17) is 15.4 Å². The number of para-hydroxylation sites is 1. The standard InChI is InChI=1S/C52H32O/c1-2-13-33(14-3-1)36-26-25-35-27-29-39-38(47(35)31-36)22-12-23-41(39)50-37-16-5-4-15-34(37)28-30-46(50)51-42-18-6-8-20-44(42)52(45-21-9-7-19-43(45)51)48-32-53-49-24-11-10-17-40(48)49/h1-32H/i6D,7D,8D,9D,10D,11D,17D,18D,19D,20D,21D,24D,32D. The summed E-state index contributed by atoms with van der Waals surface area (Å²) in [6.45, 7) is 0. The van der Waals surface area contributed by atoms with Gasteiger partial charge in [0.15, 0.2) is 0 Å². The van der Waals surface area contributed by atoms with Crippen molar-refractivity contribution in [2.75, 3.05) is 0 Å². The van der Waals surface area contributed by atoms with Crippen molar-refractivity contribution < 1.29 is 22.2 Å². The van der Waals surface area contributed by atoms with E-state index in [1.807, 2.05) is 66.7 Å². The molecule has 0 saturated heterocycles. The van der Waals surface area contributed by atoms with Crippen LogP contribution in [0.4, 0.5) is 0 Å². The molecule has 1 heteroatoms. The number of fused-ring (bicyclic) bond motifs is 7. The Kier molecular flexibility index (Phi) is 4.36. The van der Waals surface area contributed by atoms with E-state index in [1.165, 1.54) is 0 Å². The zero-order valence-electron chi connectivity index (χ0n) is 40.9. The average Bonchev–Trinajstić information content (AvgIpc) is 3.69. The summed E-state index contributed by atoms with van der Waals surface area (Å²) < 4.78 is 124. The first-order valence-corrected chi connectivity index (χ1v) is 17.2. The molecule has 0 amide bonds. The Labute approximate surface area is 325 Å². The molecule has 0 spiro atoms. The Balaban J connectivity index is 1.37. The molecule has 0 bridgehead atoms. The fraction of sp³-hybridized carbons (Fsp3) is 0. The first-order chi connectivity index (χ1) is 31.7. The minimum absolute atomic E-state index is 0.0916. The lowest BCUT2D eigenvalue weighted by Gasteiger charge is -2.21. The molecule has 0 N–H and O–H groups in total. The van der Waals surface area contributed by atoms with Crippen LogP contribution in [0.2, 0.25) is 0 Å². The summed E-state index contributed by atoms with van der Waals surface area (Å²) in [7, 11) is 0. The summed E-state index contributed by atoms with van der Waals surface area (Å²) in [5.41, 5.74) is 3.04. The SMILES string of the molecule is [2H]c1oc2c([2H])c([2H])c([2H])c([2H])c2c1-c1c2c([2H])c([2H])c([2H])c([2H])c2c(-c2ccc3ccccc3c2-c2cccc3c2ccc2ccc(-c4ccccc4)cc23)c2c([2H])c([2H])c([2H])c([2H])c12. The molecule has 246 valence electrons. The Morgan fingerprint density at radius 1 is 0.340 bits per heavy atom. The average molecular weight is 686 g/mol. The van der Waals surface area contributed by atoms with Crippen molar-refractivity contribution in [3.8, 4) is 44.5 Å². The van der Waals surface area contributed by atoms with Crippen LogP contribution in [-0.4, -0.2) is 0 Å². The first-order valence-electron chi connectivity index (χ1n) is 23.7. The molecule has 1 aromatic heterocycles. The summed E-state index contributed by atoms with van der Waals surface area (Å²) in [6, 6.07) is 30.7. The second-order valence-electron chi connectivity index (χ2n) is 13.0. The lowest BCUT2D eigenvalue weighted by molar-refractivity contribution is 0.617. The Morgan fingerprint density at radius 3 is 1.72 bits per heavy atom. The van der Waals surface area contributed by atoms with E-state index in [0.29, 0.717) is 11.1 Å². The smallest absolute Gasteiger partial charge is 0.134 e. The van der Waals surface area contributed by atoms with Crippen LogP contribution >= 0.6 is 0 Å². The van der Waals surface area contributed by atoms with Gasteiger partial charge in [-0.25, -0.2) is 0 Å². The monoisotopic (exact) mass is 685 g/mol.